The van der Waals surface area contributed by atoms with Crippen LogP contribution in [0.15, 0.2) is 18.2 Å². The summed E-state index contributed by atoms with van der Waals surface area (Å²) >= 11 is 1.20. The van der Waals surface area contributed by atoms with Crippen molar-refractivity contribution < 1.29 is 4.79 Å². The van der Waals surface area contributed by atoms with E-state index in [1.54, 1.807) is 0 Å². The molecule has 23 heavy (non-hydrogen) atoms. The van der Waals surface area contributed by atoms with E-state index in [0.717, 1.165) is 34.5 Å². The number of hydrogen-bond acceptors (Lipinski definition) is 4. The molecule has 4 aliphatic rings. The Morgan fingerprint density at radius 3 is 2.52 bits per heavy atom. The summed E-state index contributed by atoms with van der Waals surface area (Å²) in [5.74, 6) is 2.83. The second kappa shape index (κ2) is 5.00. The molecule has 2 aromatic rings. The molecule has 0 radical (unpaired) electrons. The first-order valence-corrected chi connectivity index (χ1v) is 9.43. The van der Waals surface area contributed by atoms with E-state index in [1.165, 1.54) is 50.3 Å². The first kappa shape index (κ1) is 13.9. The summed E-state index contributed by atoms with van der Waals surface area (Å²) in [6.45, 7) is 0. The van der Waals surface area contributed by atoms with Gasteiger partial charge >= 0.3 is 0 Å². The van der Waals surface area contributed by atoms with Crippen LogP contribution in [0.25, 0.3) is 11.0 Å². The summed E-state index contributed by atoms with van der Waals surface area (Å²) in [4.78, 5) is 12.7. The minimum absolute atomic E-state index is 0.160. The van der Waals surface area contributed by atoms with Gasteiger partial charge in [-0.05, 0) is 73.8 Å². The maximum Gasteiger partial charge on any atom is 0.224 e. The Kier molecular flexibility index (Phi) is 3.02. The molecule has 4 aliphatic carbocycles. The molecule has 4 saturated carbocycles. The third-order valence-corrected chi connectivity index (χ3v) is 6.80. The number of aromatic nitrogens is 2. The summed E-state index contributed by atoms with van der Waals surface area (Å²) in [7, 11) is 0. The number of rotatable bonds is 3. The number of anilines is 1. The molecule has 6 rings (SSSR count). The van der Waals surface area contributed by atoms with Crippen LogP contribution in [0.2, 0.25) is 0 Å². The Morgan fingerprint density at radius 1 is 1.13 bits per heavy atom. The molecule has 0 atom stereocenters. The Balaban J connectivity index is 1.35. The number of carbonyl (C=O) groups is 1. The zero-order valence-electron chi connectivity index (χ0n) is 13.1. The van der Waals surface area contributed by atoms with Gasteiger partial charge in [0.05, 0.1) is 17.4 Å². The van der Waals surface area contributed by atoms with Gasteiger partial charge in [-0.3, -0.25) is 4.79 Å². The molecule has 0 saturated heterocycles. The zero-order valence-corrected chi connectivity index (χ0v) is 13.9. The highest BCUT2D eigenvalue weighted by Crippen LogP contribution is 2.61. The van der Waals surface area contributed by atoms with Crippen LogP contribution in [0, 0.1) is 23.2 Å². The number of fused-ring (bicyclic) bond motifs is 1. The van der Waals surface area contributed by atoms with Crippen LogP contribution >= 0.6 is 11.7 Å². The molecular weight excluding hydrogens is 306 g/mol. The fourth-order valence-corrected chi connectivity index (χ4v) is 6.50. The average Bonchev–Trinajstić information content (AvgIpc) is 2.94. The van der Waals surface area contributed by atoms with Gasteiger partial charge < -0.3 is 5.32 Å². The fraction of sp³-hybridized carbons (Fsp3) is 0.611. The van der Waals surface area contributed by atoms with E-state index >= 15 is 0 Å². The highest BCUT2D eigenvalue weighted by molar-refractivity contribution is 7.00. The predicted molar refractivity (Wildman–Crippen MR) is 91.3 cm³/mol. The molecule has 5 heteroatoms. The highest BCUT2D eigenvalue weighted by Gasteiger charge is 2.51. The Morgan fingerprint density at radius 2 is 1.83 bits per heavy atom. The molecule has 0 unspecified atom stereocenters. The maximum absolute atomic E-state index is 12.7. The molecule has 4 bridgehead atoms. The lowest BCUT2D eigenvalue weighted by molar-refractivity contribution is -0.124. The van der Waals surface area contributed by atoms with Crippen molar-refractivity contribution in [2.45, 2.75) is 44.9 Å². The van der Waals surface area contributed by atoms with Crippen LogP contribution in [0.4, 0.5) is 5.69 Å². The summed E-state index contributed by atoms with van der Waals surface area (Å²) in [6.07, 6.45) is 8.77. The molecule has 120 valence electrons. The molecule has 1 aromatic carbocycles. The van der Waals surface area contributed by atoms with Crippen molar-refractivity contribution in [1.82, 2.24) is 8.75 Å². The quantitative estimate of drug-likeness (QED) is 0.917. The fourth-order valence-electron chi connectivity index (χ4n) is 5.95. The van der Waals surface area contributed by atoms with Crippen LogP contribution in [-0.4, -0.2) is 14.7 Å². The Hall–Kier alpha value is -1.49. The van der Waals surface area contributed by atoms with E-state index < -0.39 is 0 Å². The van der Waals surface area contributed by atoms with E-state index in [2.05, 4.69) is 14.1 Å². The first-order valence-electron chi connectivity index (χ1n) is 8.70. The number of amides is 1. The first-order chi connectivity index (χ1) is 11.2. The van der Waals surface area contributed by atoms with Gasteiger partial charge in [0.2, 0.25) is 5.91 Å². The summed E-state index contributed by atoms with van der Waals surface area (Å²) < 4.78 is 8.56. The van der Waals surface area contributed by atoms with Gasteiger partial charge in [-0.15, -0.1) is 0 Å². The Bertz CT molecular complexity index is 733. The maximum atomic E-state index is 12.7. The standard InChI is InChI=1S/C18H21N3OS/c22-16(19-14-2-1-3-15-17(14)21-23-20-15)10-18-7-11-4-12(8-18)6-13(5-11)9-18/h1-3,11-13H,4-10H2,(H,19,22). The summed E-state index contributed by atoms with van der Waals surface area (Å²) in [5.41, 5.74) is 2.78. The molecule has 1 heterocycles. The number of nitrogens with one attached hydrogen (secondary N) is 1. The molecule has 0 aliphatic heterocycles. The molecule has 4 nitrogen and oxygen atoms in total. The number of benzene rings is 1. The van der Waals surface area contributed by atoms with Crippen LogP contribution in [0.5, 0.6) is 0 Å². The van der Waals surface area contributed by atoms with E-state index in [-0.39, 0.29) is 11.3 Å². The van der Waals surface area contributed by atoms with Crippen molar-refractivity contribution in [2.24, 2.45) is 23.2 Å². The molecule has 1 N–H and O–H groups in total. The molecule has 1 aromatic heterocycles. The van der Waals surface area contributed by atoms with Crippen molar-refractivity contribution in [3.8, 4) is 0 Å². The normalized spacial score (nSPS) is 34.9. The number of hydrogen-bond donors (Lipinski definition) is 1. The number of nitrogens with zero attached hydrogens (tertiary/aromatic N) is 2. The largest absolute Gasteiger partial charge is 0.324 e. The third-order valence-electron chi connectivity index (χ3n) is 6.26. The van der Waals surface area contributed by atoms with E-state index in [9.17, 15) is 4.79 Å². The zero-order chi connectivity index (χ0) is 15.4. The van der Waals surface area contributed by atoms with Crippen molar-refractivity contribution in [2.75, 3.05) is 5.32 Å². The van der Waals surface area contributed by atoms with E-state index in [4.69, 9.17) is 0 Å². The van der Waals surface area contributed by atoms with Gasteiger partial charge in [0.1, 0.15) is 11.0 Å². The lowest BCUT2D eigenvalue weighted by Crippen LogP contribution is -2.47. The average molecular weight is 327 g/mol. The van der Waals surface area contributed by atoms with Gasteiger partial charge in [-0.1, -0.05) is 6.07 Å². The molecule has 1 amide bonds. The monoisotopic (exact) mass is 327 g/mol. The third kappa shape index (κ3) is 2.36. The molecule has 4 fully saturated rings. The molecule has 0 spiro atoms. The van der Waals surface area contributed by atoms with Crippen LogP contribution in [-0.2, 0) is 4.79 Å². The van der Waals surface area contributed by atoms with Gasteiger partial charge in [-0.2, -0.15) is 8.75 Å². The van der Waals surface area contributed by atoms with Crippen LogP contribution < -0.4 is 5.32 Å². The second-order valence-electron chi connectivity index (χ2n) is 8.08. The van der Waals surface area contributed by atoms with Crippen molar-refractivity contribution in [1.29, 1.82) is 0 Å². The molecular formula is C18H21N3OS. The van der Waals surface area contributed by atoms with Gasteiger partial charge in [0.15, 0.2) is 0 Å². The lowest BCUT2D eigenvalue weighted by Gasteiger charge is -2.56. The second-order valence-corrected chi connectivity index (χ2v) is 8.61. The Labute approximate surface area is 140 Å². The van der Waals surface area contributed by atoms with Crippen molar-refractivity contribution in [3.63, 3.8) is 0 Å². The van der Waals surface area contributed by atoms with Crippen LogP contribution in [0.3, 0.4) is 0 Å². The topological polar surface area (TPSA) is 54.9 Å². The minimum Gasteiger partial charge on any atom is -0.324 e. The van der Waals surface area contributed by atoms with Gasteiger partial charge in [0, 0.05) is 6.42 Å². The van der Waals surface area contributed by atoms with Gasteiger partial charge in [-0.25, -0.2) is 0 Å². The SMILES string of the molecule is O=C(CC12CC3CC(CC(C3)C1)C2)Nc1cccc2nsnc12. The van der Waals surface area contributed by atoms with Crippen molar-refractivity contribution in [3.05, 3.63) is 18.2 Å². The van der Waals surface area contributed by atoms with Crippen molar-refractivity contribution >= 4 is 34.4 Å². The van der Waals surface area contributed by atoms with Crippen LogP contribution in [0.1, 0.15) is 44.9 Å². The van der Waals surface area contributed by atoms with Gasteiger partial charge in [0.25, 0.3) is 0 Å². The van der Waals surface area contributed by atoms with E-state index in [1.807, 2.05) is 18.2 Å². The smallest absolute Gasteiger partial charge is 0.224 e. The summed E-state index contributed by atoms with van der Waals surface area (Å²) in [6, 6.07) is 5.80. The van der Waals surface area contributed by atoms with E-state index in [0.29, 0.717) is 6.42 Å². The minimum atomic E-state index is 0.160. The highest BCUT2D eigenvalue weighted by atomic mass is 32.1. The number of carbonyl (C=O) groups excluding carboxylic acids is 1. The predicted octanol–water partition coefficient (Wildman–Crippen LogP) is 4.24. The lowest BCUT2D eigenvalue weighted by atomic mass is 9.49. The summed E-state index contributed by atoms with van der Waals surface area (Å²) in [5, 5.41) is 3.11.